The molecule has 9 heteroatoms. The molecule has 0 bridgehead atoms. The van der Waals surface area contributed by atoms with Crippen molar-refractivity contribution in [1.82, 2.24) is 19.2 Å². The molecule has 0 spiro atoms. The average molecular weight is 475 g/mol. The first-order valence-electron chi connectivity index (χ1n) is 11.2. The quantitative estimate of drug-likeness (QED) is 0.357. The van der Waals surface area contributed by atoms with E-state index in [2.05, 4.69) is 22.3 Å². The number of aromatic nitrogens is 4. The van der Waals surface area contributed by atoms with Crippen LogP contribution in [0.4, 0.5) is 5.69 Å². The SMILES string of the molecule is CCCn1c(=O)c2ccccc2n2c(SCC(=O)N(CCC#N)c3cc(C)cc(C)c3)nnc12. The second kappa shape index (κ2) is 10.1. The average Bonchev–Trinajstić information content (AvgIpc) is 3.24. The van der Waals surface area contributed by atoms with Crippen LogP contribution in [0.25, 0.3) is 16.7 Å². The maximum atomic E-state index is 13.3. The summed E-state index contributed by atoms with van der Waals surface area (Å²) < 4.78 is 3.48. The number of hydrogen-bond donors (Lipinski definition) is 0. The largest absolute Gasteiger partial charge is 0.311 e. The van der Waals surface area contributed by atoms with Gasteiger partial charge in [0.15, 0.2) is 5.16 Å². The Morgan fingerprint density at radius 2 is 1.88 bits per heavy atom. The summed E-state index contributed by atoms with van der Waals surface area (Å²) in [5.41, 5.74) is 3.52. The fraction of sp³-hybridized carbons (Fsp3) is 0.320. The van der Waals surface area contributed by atoms with Crippen LogP contribution in [0.3, 0.4) is 0 Å². The summed E-state index contributed by atoms with van der Waals surface area (Å²) in [5, 5.41) is 18.8. The number of anilines is 1. The van der Waals surface area contributed by atoms with Crippen LogP contribution in [0.1, 0.15) is 30.9 Å². The molecular formula is C25H26N6O2S. The van der Waals surface area contributed by atoms with Crippen LogP contribution in [0.15, 0.2) is 52.4 Å². The number of hydrogen-bond acceptors (Lipinski definition) is 6. The Balaban J connectivity index is 1.69. The molecule has 4 rings (SSSR count). The van der Waals surface area contributed by atoms with Crippen molar-refractivity contribution in [3.8, 4) is 6.07 Å². The summed E-state index contributed by atoms with van der Waals surface area (Å²) >= 11 is 1.28. The minimum absolute atomic E-state index is 0.0949. The summed E-state index contributed by atoms with van der Waals surface area (Å²) in [6.07, 6.45) is 1.02. The van der Waals surface area contributed by atoms with E-state index >= 15 is 0 Å². The van der Waals surface area contributed by atoms with Crippen molar-refractivity contribution in [1.29, 1.82) is 5.26 Å². The van der Waals surface area contributed by atoms with Crippen molar-refractivity contribution in [2.75, 3.05) is 17.2 Å². The second-order valence-electron chi connectivity index (χ2n) is 8.18. The van der Waals surface area contributed by atoms with Gasteiger partial charge in [0.2, 0.25) is 11.7 Å². The van der Waals surface area contributed by atoms with E-state index < -0.39 is 0 Å². The Kier molecular flexibility index (Phi) is 6.98. The number of nitrogens with zero attached hydrogens (tertiary/aromatic N) is 6. The maximum absolute atomic E-state index is 13.3. The molecule has 0 aliphatic carbocycles. The van der Waals surface area contributed by atoms with E-state index in [1.807, 2.05) is 55.5 Å². The van der Waals surface area contributed by atoms with Gasteiger partial charge in [-0.1, -0.05) is 36.9 Å². The van der Waals surface area contributed by atoms with Crippen LogP contribution in [0.5, 0.6) is 0 Å². The lowest BCUT2D eigenvalue weighted by atomic mass is 10.1. The van der Waals surface area contributed by atoms with Crippen LogP contribution in [-0.2, 0) is 11.3 Å². The van der Waals surface area contributed by atoms with Gasteiger partial charge in [-0.15, -0.1) is 10.2 Å². The molecule has 0 aliphatic heterocycles. The third-order valence-electron chi connectivity index (χ3n) is 5.52. The predicted octanol–water partition coefficient (Wildman–Crippen LogP) is 4.11. The van der Waals surface area contributed by atoms with Gasteiger partial charge in [-0.25, -0.2) is 0 Å². The molecule has 0 atom stereocenters. The van der Waals surface area contributed by atoms with Crippen LogP contribution in [0, 0.1) is 25.2 Å². The van der Waals surface area contributed by atoms with E-state index in [-0.39, 0.29) is 23.6 Å². The summed E-state index contributed by atoms with van der Waals surface area (Å²) in [4.78, 5) is 27.9. The van der Waals surface area contributed by atoms with Crippen LogP contribution in [-0.4, -0.2) is 37.4 Å². The molecule has 174 valence electrons. The Labute approximate surface area is 201 Å². The third kappa shape index (κ3) is 4.54. The smallest absolute Gasteiger partial charge is 0.262 e. The molecule has 2 aromatic heterocycles. The molecule has 1 amide bonds. The lowest BCUT2D eigenvalue weighted by Crippen LogP contribution is -2.33. The first-order chi connectivity index (χ1) is 16.4. The molecule has 2 heterocycles. The topological polar surface area (TPSA) is 96.3 Å². The first kappa shape index (κ1) is 23.5. The number of amides is 1. The van der Waals surface area contributed by atoms with Crippen molar-refractivity contribution in [2.24, 2.45) is 0 Å². The van der Waals surface area contributed by atoms with Crippen molar-refractivity contribution < 1.29 is 4.79 Å². The number of fused-ring (bicyclic) bond motifs is 3. The molecule has 0 fully saturated rings. The molecule has 0 N–H and O–H groups in total. The molecule has 0 radical (unpaired) electrons. The second-order valence-corrected chi connectivity index (χ2v) is 9.12. The summed E-state index contributed by atoms with van der Waals surface area (Å²) in [7, 11) is 0. The maximum Gasteiger partial charge on any atom is 0.262 e. The number of carbonyl (C=O) groups excluding carboxylic acids is 1. The van der Waals surface area contributed by atoms with E-state index in [9.17, 15) is 9.59 Å². The number of rotatable bonds is 8. The van der Waals surface area contributed by atoms with Gasteiger partial charge >= 0.3 is 0 Å². The normalized spacial score (nSPS) is 11.1. The third-order valence-corrected chi connectivity index (χ3v) is 6.43. The minimum Gasteiger partial charge on any atom is -0.311 e. The van der Waals surface area contributed by atoms with Crippen LogP contribution >= 0.6 is 11.8 Å². The zero-order chi connectivity index (χ0) is 24.2. The zero-order valence-electron chi connectivity index (χ0n) is 19.5. The number of thioether (sulfide) groups is 1. The highest BCUT2D eigenvalue weighted by atomic mass is 32.2. The standard InChI is InChI=1S/C25H26N6O2S/c1-4-11-30-23(33)20-8-5-6-9-21(20)31-24(30)27-28-25(31)34-16-22(32)29(12-7-10-26)19-14-17(2)13-18(3)15-19/h5-6,8-9,13-15H,4,7,11-12,16H2,1-3H3. The first-order valence-corrected chi connectivity index (χ1v) is 12.2. The lowest BCUT2D eigenvalue weighted by Gasteiger charge is -2.22. The number of aryl methyl sites for hydroxylation is 3. The van der Waals surface area contributed by atoms with E-state index in [4.69, 9.17) is 5.26 Å². The number of para-hydroxylation sites is 1. The molecular weight excluding hydrogens is 448 g/mol. The molecule has 0 saturated heterocycles. The minimum atomic E-state index is -0.117. The fourth-order valence-electron chi connectivity index (χ4n) is 4.12. The monoisotopic (exact) mass is 474 g/mol. The van der Waals surface area contributed by atoms with Gasteiger partial charge in [0, 0.05) is 18.8 Å². The van der Waals surface area contributed by atoms with Crippen molar-refractivity contribution in [3.63, 3.8) is 0 Å². The van der Waals surface area contributed by atoms with Crippen molar-refractivity contribution in [2.45, 2.75) is 45.3 Å². The van der Waals surface area contributed by atoms with Gasteiger partial charge in [0.25, 0.3) is 5.56 Å². The zero-order valence-corrected chi connectivity index (χ0v) is 20.3. The fourth-order valence-corrected chi connectivity index (χ4v) is 4.94. The summed E-state index contributed by atoms with van der Waals surface area (Å²) in [6.45, 7) is 6.83. The number of nitriles is 1. The number of benzene rings is 2. The van der Waals surface area contributed by atoms with Crippen LogP contribution in [0.2, 0.25) is 0 Å². The number of carbonyl (C=O) groups is 1. The van der Waals surface area contributed by atoms with Crippen molar-refractivity contribution in [3.05, 3.63) is 63.9 Å². The van der Waals surface area contributed by atoms with Crippen LogP contribution < -0.4 is 10.5 Å². The highest BCUT2D eigenvalue weighted by Crippen LogP contribution is 2.24. The highest BCUT2D eigenvalue weighted by molar-refractivity contribution is 7.99. The Morgan fingerprint density at radius 3 is 2.59 bits per heavy atom. The Morgan fingerprint density at radius 1 is 1.15 bits per heavy atom. The molecule has 8 nitrogen and oxygen atoms in total. The molecule has 0 saturated carbocycles. The van der Waals surface area contributed by atoms with Gasteiger partial charge in [0.05, 0.1) is 29.1 Å². The van der Waals surface area contributed by atoms with E-state index in [1.54, 1.807) is 15.5 Å². The molecule has 2 aromatic carbocycles. The van der Waals surface area contributed by atoms with E-state index in [1.165, 1.54) is 11.8 Å². The molecule has 4 aromatic rings. The molecule has 0 unspecified atom stereocenters. The molecule has 0 aliphatic rings. The van der Waals surface area contributed by atoms with E-state index in [0.29, 0.717) is 34.9 Å². The van der Waals surface area contributed by atoms with Gasteiger partial charge in [-0.05, 0) is 55.7 Å². The Bertz CT molecular complexity index is 1450. The predicted molar refractivity (Wildman–Crippen MR) is 134 cm³/mol. The van der Waals surface area contributed by atoms with Gasteiger partial charge < -0.3 is 4.90 Å². The Hall–Kier alpha value is -3.64. The van der Waals surface area contributed by atoms with Gasteiger partial charge in [-0.3, -0.25) is 18.6 Å². The van der Waals surface area contributed by atoms with Crippen molar-refractivity contribution >= 4 is 40.0 Å². The highest BCUT2D eigenvalue weighted by Gasteiger charge is 2.20. The van der Waals surface area contributed by atoms with Gasteiger partial charge in [-0.2, -0.15) is 5.26 Å². The summed E-state index contributed by atoms with van der Waals surface area (Å²) in [6, 6.07) is 15.5. The van der Waals surface area contributed by atoms with Gasteiger partial charge in [0.1, 0.15) is 0 Å². The lowest BCUT2D eigenvalue weighted by molar-refractivity contribution is -0.116. The molecule has 34 heavy (non-hydrogen) atoms. The summed E-state index contributed by atoms with van der Waals surface area (Å²) in [5.74, 6) is 0.477. The van der Waals surface area contributed by atoms with E-state index in [0.717, 1.165) is 23.2 Å².